The van der Waals surface area contributed by atoms with Gasteiger partial charge in [0.25, 0.3) is 5.91 Å². The lowest BCUT2D eigenvalue weighted by atomic mass is 10.1. The maximum atomic E-state index is 14.8. The van der Waals surface area contributed by atoms with Gasteiger partial charge in [0.05, 0.1) is 11.4 Å². The molecule has 1 amide bonds. The van der Waals surface area contributed by atoms with Crippen molar-refractivity contribution in [2.45, 2.75) is 45.7 Å². The fourth-order valence-corrected chi connectivity index (χ4v) is 6.62. The number of unbranched alkanes of at least 4 members (excludes halogenated alkanes) is 1. The van der Waals surface area contributed by atoms with E-state index < -0.39 is 0 Å². The van der Waals surface area contributed by atoms with E-state index in [0.717, 1.165) is 56.6 Å². The van der Waals surface area contributed by atoms with Crippen molar-refractivity contribution in [1.82, 2.24) is 14.7 Å². The Labute approximate surface area is 307 Å². The van der Waals surface area contributed by atoms with Crippen LogP contribution in [0.1, 0.15) is 45.5 Å². The Morgan fingerprint density at radius 1 is 0.804 bits per heavy atom. The van der Waals surface area contributed by atoms with Crippen molar-refractivity contribution in [3.8, 4) is 22.8 Å². The molecule has 0 spiro atoms. The van der Waals surface area contributed by atoms with Gasteiger partial charge in [0.15, 0.2) is 0 Å². The summed E-state index contributed by atoms with van der Waals surface area (Å²) in [7, 11) is 0. The summed E-state index contributed by atoms with van der Waals surface area (Å²) in [4.78, 5) is 16.6. The average Bonchev–Trinajstić information content (AvgIpc) is 3.78. The molecule has 51 heavy (non-hydrogen) atoms. The number of amides is 1. The van der Waals surface area contributed by atoms with Gasteiger partial charge < -0.3 is 19.7 Å². The van der Waals surface area contributed by atoms with Crippen LogP contribution in [0.2, 0.25) is 0 Å². The van der Waals surface area contributed by atoms with Gasteiger partial charge in [-0.25, -0.2) is 4.68 Å². The summed E-state index contributed by atoms with van der Waals surface area (Å²) >= 11 is 3.60. The second-order valence-corrected chi connectivity index (χ2v) is 13.4. The molecule has 2 heterocycles. The number of halogens is 1. The first kappa shape index (κ1) is 33.9. The molecule has 0 atom stereocenters. The van der Waals surface area contributed by atoms with Crippen LogP contribution in [0.3, 0.4) is 0 Å². The van der Waals surface area contributed by atoms with Crippen LogP contribution in [0, 0.1) is 0 Å². The molecule has 0 aliphatic carbocycles. The van der Waals surface area contributed by atoms with E-state index >= 15 is 0 Å². The number of nitrogens with one attached hydrogen (secondary N) is 1. The Hall–Kier alpha value is -5.60. The van der Waals surface area contributed by atoms with E-state index in [4.69, 9.17) is 14.6 Å². The molecule has 0 bridgehead atoms. The number of aryl methyl sites for hydroxylation is 1. The molecule has 1 N–H and O–H groups in total. The van der Waals surface area contributed by atoms with Crippen LogP contribution in [0.15, 0.2) is 145 Å². The molecule has 5 aromatic carbocycles. The number of ether oxygens (including phenoxy) is 2. The number of allylic oxidation sites excluding steroid dienone is 1. The standard InChI is InChI=1S/C43H39BrN4O3/c1-2-3-13-22-48-41(26-38(46-48)33-18-11-6-12-19-33)45-39-24-37(50-29-31-14-7-4-8-15-31)25-40(51-30-32-16-9-5-10-17-32)42(39)43(49)47-27-34-20-21-36(44)23-35(34)28-47/h2,4-12,14-21,23-26,45H,1,3,13,22,27-30H2. The first-order chi connectivity index (χ1) is 25.0. The molecule has 256 valence electrons. The molecular weight excluding hydrogens is 700 g/mol. The summed E-state index contributed by atoms with van der Waals surface area (Å²) in [6.45, 7) is 6.22. The number of fused-ring (bicyclic) bond motifs is 1. The highest BCUT2D eigenvalue weighted by Crippen LogP contribution is 2.39. The van der Waals surface area contributed by atoms with Crippen molar-refractivity contribution in [2.75, 3.05) is 5.32 Å². The molecule has 0 unspecified atom stereocenters. The predicted molar refractivity (Wildman–Crippen MR) is 206 cm³/mol. The molecule has 7 rings (SSSR count). The van der Waals surface area contributed by atoms with E-state index in [-0.39, 0.29) is 12.5 Å². The van der Waals surface area contributed by atoms with Crippen LogP contribution >= 0.6 is 15.9 Å². The zero-order valence-electron chi connectivity index (χ0n) is 28.3. The van der Waals surface area contributed by atoms with E-state index in [1.807, 2.05) is 131 Å². The van der Waals surface area contributed by atoms with Crippen LogP contribution in [-0.4, -0.2) is 20.6 Å². The molecule has 1 aliphatic heterocycles. The van der Waals surface area contributed by atoms with Crippen LogP contribution in [0.5, 0.6) is 11.5 Å². The van der Waals surface area contributed by atoms with Crippen LogP contribution in [-0.2, 0) is 32.8 Å². The molecule has 0 radical (unpaired) electrons. The fraction of sp³-hybridized carbons (Fsp3) is 0.163. The SMILES string of the molecule is C=CCCCn1nc(-c2ccccc2)cc1Nc1cc(OCc2ccccc2)cc(OCc2ccccc2)c1C(=O)N1Cc2ccc(Br)cc2C1. The first-order valence-electron chi connectivity index (χ1n) is 17.1. The highest BCUT2D eigenvalue weighted by Gasteiger charge is 2.30. The minimum atomic E-state index is -0.136. The number of carbonyl (C=O) groups is 1. The Bertz CT molecular complexity index is 2120. The third-order valence-electron chi connectivity index (χ3n) is 8.84. The average molecular weight is 740 g/mol. The first-order valence-corrected chi connectivity index (χ1v) is 17.9. The lowest BCUT2D eigenvalue weighted by molar-refractivity contribution is 0.0747. The number of nitrogens with zero attached hydrogens (tertiary/aromatic N) is 3. The van der Waals surface area contributed by atoms with E-state index in [1.54, 1.807) is 0 Å². The Balaban J connectivity index is 1.31. The van der Waals surface area contributed by atoms with Gasteiger partial charge in [-0.3, -0.25) is 4.79 Å². The van der Waals surface area contributed by atoms with Gasteiger partial charge in [0.2, 0.25) is 0 Å². The van der Waals surface area contributed by atoms with Crippen molar-refractivity contribution in [3.63, 3.8) is 0 Å². The zero-order chi connectivity index (χ0) is 35.0. The predicted octanol–water partition coefficient (Wildman–Crippen LogP) is 10.3. The number of carbonyl (C=O) groups excluding carboxylic acids is 1. The summed E-state index contributed by atoms with van der Waals surface area (Å²) in [5.74, 6) is 1.64. The zero-order valence-corrected chi connectivity index (χ0v) is 29.9. The quantitative estimate of drug-likeness (QED) is 0.0890. The molecule has 7 nitrogen and oxygen atoms in total. The van der Waals surface area contributed by atoms with Crippen molar-refractivity contribution >= 4 is 33.3 Å². The number of hydrogen-bond donors (Lipinski definition) is 1. The lowest BCUT2D eigenvalue weighted by Gasteiger charge is -2.23. The van der Waals surface area contributed by atoms with E-state index in [1.165, 1.54) is 0 Å². The van der Waals surface area contributed by atoms with Gasteiger partial charge in [-0.15, -0.1) is 6.58 Å². The summed E-state index contributed by atoms with van der Waals surface area (Å²) in [6, 6.07) is 42.0. The largest absolute Gasteiger partial charge is 0.489 e. The van der Waals surface area contributed by atoms with Crippen molar-refractivity contribution in [3.05, 3.63) is 172 Å². The van der Waals surface area contributed by atoms with Gasteiger partial charge >= 0.3 is 0 Å². The summed E-state index contributed by atoms with van der Waals surface area (Å²) in [6.07, 6.45) is 3.64. The number of rotatable bonds is 14. The molecule has 1 aromatic heterocycles. The lowest BCUT2D eigenvalue weighted by Crippen LogP contribution is -2.27. The van der Waals surface area contributed by atoms with Crippen molar-refractivity contribution in [1.29, 1.82) is 0 Å². The van der Waals surface area contributed by atoms with Gasteiger partial charge in [-0.05, 0) is 47.2 Å². The van der Waals surface area contributed by atoms with Gasteiger partial charge in [0.1, 0.15) is 36.1 Å². The van der Waals surface area contributed by atoms with Gasteiger partial charge in [0, 0.05) is 47.9 Å². The molecular formula is C43H39BrN4O3. The number of hydrogen-bond acceptors (Lipinski definition) is 5. The second kappa shape index (κ2) is 16.0. The topological polar surface area (TPSA) is 68.6 Å². The third kappa shape index (κ3) is 8.24. The minimum absolute atomic E-state index is 0.136. The molecule has 0 saturated carbocycles. The normalized spacial score (nSPS) is 12.0. The van der Waals surface area contributed by atoms with Crippen LogP contribution in [0.25, 0.3) is 11.3 Å². The van der Waals surface area contributed by atoms with E-state index in [2.05, 4.69) is 40.0 Å². The fourth-order valence-electron chi connectivity index (χ4n) is 6.21. The van der Waals surface area contributed by atoms with Gasteiger partial charge in [-0.1, -0.05) is 119 Å². The third-order valence-corrected chi connectivity index (χ3v) is 9.34. The highest BCUT2D eigenvalue weighted by atomic mass is 79.9. The number of anilines is 2. The van der Waals surface area contributed by atoms with Crippen molar-refractivity contribution < 1.29 is 14.3 Å². The van der Waals surface area contributed by atoms with Crippen LogP contribution < -0.4 is 14.8 Å². The monoisotopic (exact) mass is 738 g/mol. The maximum Gasteiger partial charge on any atom is 0.260 e. The smallest absolute Gasteiger partial charge is 0.260 e. The Kier molecular flexibility index (Phi) is 10.6. The van der Waals surface area contributed by atoms with E-state index in [9.17, 15) is 4.79 Å². The molecule has 8 heteroatoms. The van der Waals surface area contributed by atoms with Crippen molar-refractivity contribution in [2.24, 2.45) is 0 Å². The summed E-state index contributed by atoms with van der Waals surface area (Å²) < 4.78 is 15.9. The van der Waals surface area contributed by atoms with E-state index in [0.29, 0.717) is 49.0 Å². The molecule has 1 aliphatic rings. The molecule has 6 aromatic rings. The summed E-state index contributed by atoms with van der Waals surface area (Å²) in [5.41, 5.74) is 7.13. The minimum Gasteiger partial charge on any atom is -0.489 e. The Morgan fingerprint density at radius 3 is 2.18 bits per heavy atom. The summed E-state index contributed by atoms with van der Waals surface area (Å²) in [5, 5.41) is 8.62. The maximum absolute atomic E-state index is 14.8. The highest BCUT2D eigenvalue weighted by molar-refractivity contribution is 9.10. The number of benzene rings is 5. The molecule has 0 fully saturated rings. The molecule has 0 saturated heterocycles. The Morgan fingerprint density at radius 2 is 1.47 bits per heavy atom. The number of aromatic nitrogens is 2. The van der Waals surface area contributed by atoms with Gasteiger partial charge in [-0.2, -0.15) is 5.10 Å². The van der Waals surface area contributed by atoms with Crippen LogP contribution in [0.4, 0.5) is 11.5 Å². The second-order valence-electron chi connectivity index (χ2n) is 12.5.